The Balaban J connectivity index is 3.00. The van der Waals surface area contributed by atoms with Crippen LogP contribution in [0.2, 0.25) is 0 Å². The average Bonchev–Trinajstić information content (AvgIpc) is 2.15. The van der Waals surface area contributed by atoms with Crippen LogP contribution < -0.4 is 4.90 Å². The lowest BCUT2D eigenvalue weighted by Gasteiger charge is -2.22. The van der Waals surface area contributed by atoms with Gasteiger partial charge in [0, 0.05) is 23.8 Å². The van der Waals surface area contributed by atoms with E-state index in [1.54, 1.807) is 12.1 Å². The molecule has 1 rings (SSSR count). The number of anilines is 1. The van der Waals surface area contributed by atoms with Gasteiger partial charge in [0.15, 0.2) is 0 Å². The lowest BCUT2D eigenvalue weighted by Crippen LogP contribution is -2.22. The van der Waals surface area contributed by atoms with Gasteiger partial charge in [-0.1, -0.05) is 29.8 Å². The highest BCUT2D eigenvalue weighted by Crippen LogP contribution is 2.22. The van der Waals surface area contributed by atoms with E-state index in [1.807, 2.05) is 13.1 Å². The number of aromatic carboxylic acids is 1. The summed E-state index contributed by atoms with van der Waals surface area (Å²) in [6, 6.07) is 5.22. The van der Waals surface area contributed by atoms with Gasteiger partial charge in [0.25, 0.3) is 0 Å². The Kier molecular flexibility index (Phi) is 4.35. The minimum Gasteiger partial charge on any atom is -0.478 e. The van der Waals surface area contributed by atoms with Gasteiger partial charge in [0.05, 0.1) is 5.56 Å². The Morgan fingerprint density at radius 2 is 2.06 bits per heavy atom. The van der Waals surface area contributed by atoms with Gasteiger partial charge in [-0.05, 0) is 24.1 Å². The van der Waals surface area contributed by atoms with Crippen molar-refractivity contribution in [3.05, 3.63) is 28.2 Å². The lowest BCUT2D eigenvalue weighted by molar-refractivity contribution is 0.0697. The number of rotatable bonds is 4. The summed E-state index contributed by atoms with van der Waals surface area (Å²) < 4.78 is 0.790. The smallest absolute Gasteiger partial charge is 0.335 e. The third-order valence-corrected chi connectivity index (χ3v) is 2.67. The molecule has 0 aromatic heterocycles. The second-order valence-electron chi connectivity index (χ2n) is 4.28. The quantitative estimate of drug-likeness (QED) is 0.923. The van der Waals surface area contributed by atoms with Gasteiger partial charge in [-0.2, -0.15) is 0 Å². The number of benzene rings is 1. The third-order valence-electron chi connectivity index (χ3n) is 2.21. The summed E-state index contributed by atoms with van der Waals surface area (Å²) in [5.74, 6) is -0.363. The van der Waals surface area contributed by atoms with Gasteiger partial charge in [-0.25, -0.2) is 4.79 Å². The van der Waals surface area contributed by atoms with Gasteiger partial charge < -0.3 is 10.0 Å². The Labute approximate surface area is 104 Å². The van der Waals surface area contributed by atoms with Crippen molar-refractivity contribution in [3.8, 4) is 0 Å². The Morgan fingerprint density at radius 1 is 1.44 bits per heavy atom. The van der Waals surface area contributed by atoms with Crippen molar-refractivity contribution in [2.45, 2.75) is 13.8 Å². The van der Waals surface area contributed by atoms with Crippen LogP contribution in [0.1, 0.15) is 24.2 Å². The minimum atomic E-state index is -0.902. The lowest BCUT2D eigenvalue weighted by atomic mass is 10.1. The summed E-state index contributed by atoms with van der Waals surface area (Å²) >= 11 is 3.33. The highest BCUT2D eigenvalue weighted by molar-refractivity contribution is 9.10. The van der Waals surface area contributed by atoms with E-state index in [9.17, 15) is 4.79 Å². The predicted octanol–water partition coefficient (Wildman–Crippen LogP) is 3.24. The first kappa shape index (κ1) is 13.0. The molecule has 0 aliphatic carbocycles. The molecule has 0 saturated carbocycles. The van der Waals surface area contributed by atoms with E-state index < -0.39 is 5.97 Å². The fourth-order valence-corrected chi connectivity index (χ4v) is 2.05. The maximum Gasteiger partial charge on any atom is 0.335 e. The zero-order valence-corrected chi connectivity index (χ0v) is 11.3. The number of nitrogens with zero attached hydrogens (tertiary/aromatic N) is 1. The standard InChI is InChI=1S/C12H16BrNO2/c1-8(2)7-14(3)11-5-9(12(15)16)4-10(13)6-11/h4-6,8H,7H2,1-3H3,(H,15,16). The Bertz CT molecular complexity index is 391. The molecule has 0 unspecified atom stereocenters. The van der Waals surface area contributed by atoms with E-state index in [2.05, 4.69) is 34.7 Å². The fourth-order valence-electron chi connectivity index (χ4n) is 1.57. The molecule has 0 spiro atoms. The topological polar surface area (TPSA) is 40.5 Å². The SMILES string of the molecule is CC(C)CN(C)c1cc(Br)cc(C(=O)O)c1. The van der Waals surface area contributed by atoms with Gasteiger partial charge >= 0.3 is 5.97 Å². The van der Waals surface area contributed by atoms with Crippen LogP contribution in [0.15, 0.2) is 22.7 Å². The van der Waals surface area contributed by atoms with Crippen molar-refractivity contribution in [1.82, 2.24) is 0 Å². The predicted molar refractivity (Wildman–Crippen MR) is 69.2 cm³/mol. The van der Waals surface area contributed by atoms with Crippen LogP contribution >= 0.6 is 15.9 Å². The van der Waals surface area contributed by atoms with Crippen molar-refractivity contribution in [2.24, 2.45) is 5.92 Å². The zero-order valence-electron chi connectivity index (χ0n) is 9.70. The van der Waals surface area contributed by atoms with E-state index in [1.165, 1.54) is 0 Å². The second kappa shape index (κ2) is 5.34. The Morgan fingerprint density at radius 3 is 2.56 bits per heavy atom. The average molecular weight is 286 g/mol. The molecule has 4 heteroatoms. The molecule has 0 aliphatic heterocycles. The van der Waals surface area contributed by atoms with Crippen molar-refractivity contribution >= 4 is 27.6 Å². The van der Waals surface area contributed by atoms with Crippen LogP contribution in [-0.4, -0.2) is 24.7 Å². The summed E-state index contributed by atoms with van der Waals surface area (Å²) in [4.78, 5) is 13.0. The zero-order chi connectivity index (χ0) is 12.3. The van der Waals surface area contributed by atoms with Gasteiger partial charge in [-0.15, -0.1) is 0 Å². The molecule has 0 fully saturated rings. The number of carboxylic acid groups (broad SMARTS) is 1. The first-order valence-corrected chi connectivity index (χ1v) is 5.94. The molecule has 1 aromatic carbocycles. The summed E-state index contributed by atoms with van der Waals surface area (Å²) in [6.07, 6.45) is 0. The molecule has 0 heterocycles. The van der Waals surface area contributed by atoms with Crippen LogP contribution in [0.5, 0.6) is 0 Å². The van der Waals surface area contributed by atoms with Gasteiger partial charge in [0.2, 0.25) is 0 Å². The summed E-state index contributed by atoms with van der Waals surface area (Å²) in [5.41, 5.74) is 1.22. The number of carboxylic acids is 1. The van der Waals surface area contributed by atoms with Crippen molar-refractivity contribution in [3.63, 3.8) is 0 Å². The highest BCUT2D eigenvalue weighted by atomic mass is 79.9. The molecule has 88 valence electrons. The maximum absolute atomic E-state index is 10.9. The molecule has 3 nitrogen and oxygen atoms in total. The monoisotopic (exact) mass is 285 g/mol. The second-order valence-corrected chi connectivity index (χ2v) is 5.19. The molecule has 0 atom stereocenters. The number of hydrogen-bond acceptors (Lipinski definition) is 2. The van der Waals surface area contributed by atoms with Crippen LogP contribution in [-0.2, 0) is 0 Å². The summed E-state index contributed by atoms with van der Waals surface area (Å²) in [5, 5.41) is 8.96. The normalized spacial score (nSPS) is 10.6. The third kappa shape index (κ3) is 3.52. The van der Waals surface area contributed by atoms with E-state index >= 15 is 0 Å². The summed E-state index contributed by atoms with van der Waals surface area (Å²) in [7, 11) is 1.97. The van der Waals surface area contributed by atoms with Gasteiger partial charge in [-0.3, -0.25) is 0 Å². The minimum absolute atomic E-state index is 0.306. The highest BCUT2D eigenvalue weighted by Gasteiger charge is 2.09. The van der Waals surface area contributed by atoms with Crippen LogP contribution in [0.4, 0.5) is 5.69 Å². The molecule has 0 saturated heterocycles. The first-order chi connectivity index (χ1) is 7.40. The number of hydrogen-bond donors (Lipinski definition) is 1. The van der Waals surface area contributed by atoms with E-state index in [4.69, 9.17) is 5.11 Å². The fraction of sp³-hybridized carbons (Fsp3) is 0.417. The van der Waals surface area contributed by atoms with Crippen molar-refractivity contribution in [2.75, 3.05) is 18.5 Å². The molecular formula is C12H16BrNO2. The van der Waals surface area contributed by atoms with Gasteiger partial charge in [0.1, 0.15) is 0 Å². The van der Waals surface area contributed by atoms with E-state index in [0.29, 0.717) is 11.5 Å². The molecule has 1 aromatic rings. The van der Waals surface area contributed by atoms with Crippen LogP contribution in [0.3, 0.4) is 0 Å². The van der Waals surface area contributed by atoms with Crippen molar-refractivity contribution < 1.29 is 9.90 Å². The molecule has 0 bridgehead atoms. The first-order valence-electron chi connectivity index (χ1n) is 5.15. The van der Waals surface area contributed by atoms with Crippen molar-refractivity contribution in [1.29, 1.82) is 0 Å². The van der Waals surface area contributed by atoms with Crippen LogP contribution in [0, 0.1) is 5.92 Å². The molecule has 0 radical (unpaired) electrons. The number of carbonyl (C=O) groups is 1. The number of halogens is 1. The van der Waals surface area contributed by atoms with E-state index in [0.717, 1.165) is 16.7 Å². The molecular weight excluding hydrogens is 270 g/mol. The molecule has 16 heavy (non-hydrogen) atoms. The molecule has 0 aliphatic rings. The molecule has 0 amide bonds. The van der Waals surface area contributed by atoms with E-state index in [-0.39, 0.29) is 0 Å². The largest absolute Gasteiger partial charge is 0.478 e. The maximum atomic E-state index is 10.9. The summed E-state index contributed by atoms with van der Waals surface area (Å²) in [6.45, 7) is 5.16. The molecule has 1 N–H and O–H groups in total. The Hall–Kier alpha value is -1.03. The van der Waals surface area contributed by atoms with Crippen LogP contribution in [0.25, 0.3) is 0 Å².